The molecule has 3 fully saturated rings. The van der Waals surface area contributed by atoms with E-state index in [0.29, 0.717) is 98.9 Å². The van der Waals surface area contributed by atoms with Crippen molar-refractivity contribution < 1.29 is 42.6 Å². The quantitative estimate of drug-likeness (QED) is 0.0302. The molecule has 442 valence electrons. The number of aryl methyl sites for hydroxylation is 1. The van der Waals surface area contributed by atoms with Gasteiger partial charge in [0.1, 0.15) is 23.7 Å². The molecule has 3 saturated heterocycles. The number of ether oxygens (including phenoxy) is 1. The van der Waals surface area contributed by atoms with Gasteiger partial charge in [-0.25, -0.2) is 13.8 Å². The molecule has 9 rings (SSSR count). The summed E-state index contributed by atoms with van der Waals surface area (Å²) in [5.41, 5.74) is 8.18. The minimum absolute atomic E-state index is 0.00550. The van der Waals surface area contributed by atoms with Gasteiger partial charge in [-0.15, -0.1) is 11.3 Å². The van der Waals surface area contributed by atoms with Gasteiger partial charge in [0.15, 0.2) is 5.82 Å². The number of anilines is 3. The first-order chi connectivity index (χ1) is 39.9. The highest BCUT2D eigenvalue weighted by Crippen LogP contribution is 2.32. The number of benzene rings is 4. The zero-order valence-corrected chi connectivity index (χ0v) is 48.6. The lowest BCUT2D eigenvalue weighted by Crippen LogP contribution is -2.57. The smallest absolute Gasteiger partial charge is 0.258 e. The third kappa shape index (κ3) is 16.3. The Kier molecular flexibility index (Phi) is 20.2. The second kappa shape index (κ2) is 27.8. The Morgan fingerprint density at radius 1 is 0.831 bits per heavy atom. The molecule has 0 saturated carbocycles. The minimum atomic E-state index is -0.893. The van der Waals surface area contributed by atoms with E-state index in [4.69, 9.17) is 4.74 Å². The van der Waals surface area contributed by atoms with E-state index < -0.39 is 41.1 Å². The first kappa shape index (κ1) is 60.3. The van der Waals surface area contributed by atoms with E-state index in [1.807, 2.05) is 93.9 Å². The molecule has 0 aliphatic carbocycles. The number of thiazole rings is 1. The highest BCUT2D eigenvalue weighted by Gasteiger charge is 2.44. The van der Waals surface area contributed by atoms with Crippen LogP contribution in [0.15, 0.2) is 84.4 Å². The number of carbonyl (C=O) groups is 5. The summed E-state index contributed by atoms with van der Waals surface area (Å²) in [4.78, 5) is 79.2. The molecule has 3 aliphatic heterocycles. The number of piperazine rings is 1. The van der Waals surface area contributed by atoms with Crippen molar-refractivity contribution in [3.63, 3.8) is 0 Å². The number of unbranched alkanes of at least 4 members (excludes halogenated alkanes) is 4. The van der Waals surface area contributed by atoms with Crippen LogP contribution in [0.2, 0.25) is 0 Å². The van der Waals surface area contributed by atoms with Crippen molar-refractivity contribution in [2.45, 2.75) is 123 Å². The summed E-state index contributed by atoms with van der Waals surface area (Å²) >= 11 is 1.57. The van der Waals surface area contributed by atoms with Crippen molar-refractivity contribution >= 4 is 69.0 Å². The maximum atomic E-state index is 14.1. The van der Waals surface area contributed by atoms with E-state index in [2.05, 4.69) is 51.6 Å². The Balaban J connectivity index is 0.678. The van der Waals surface area contributed by atoms with Crippen molar-refractivity contribution in [1.29, 1.82) is 0 Å². The Hall–Kier alpha value is -7.33. The van der Waals surface area contributed by atoms with E-state index in [9.17, 15) is 37.9 Å². The van der Waals surface area contributed by atoms with Crippen LogP contribution >= 0.6 is 11.3 Å². The topological polar surface area (TPSA) is 226 Å². The molecule has 1 unspecified atom stereocenters. The molecule has 4 aromatic carbocycles. The summed E-state index contributed by atoms with van der Waals surface area (Å²) in [7, 11) is 0. The Morgan fingerprint density at radius 3 is 2.28 bits per heavy atom. The zero-order chi connectivity index (χ0) is 58.6. The van der Waals surface area contributed by atoms with Gasteiger partial charge in [0.05, 0.1) is 39.8 Å². The molecule has 21 heteroatoms. The van der Waals surface area contributed by atoms with Crippen LogP contribution in [0.1, 0.15) is 111 Å². The van der Waals surface area contributed by atoms with Gasteiger partial charge in [-0.1, -0.05) is 70.4 Å². The molecule has 0 spiro atoms. The maximum absolute atomic E-state index is 14.1. The first-order valence-electron chi connectivity index (χ1n) is 28.9. The zero-order valence-electron chi connectivity index (χ0n) is 47.8. The molecule has 83 heavy (non-hydrogen) atoms. The maximum Gasteiger partial charge on any atom is 0.258 e. The number of rotatable bonds is 23. The lowest BCUT2D eigenvalue weighted by Gasteiger charge is -2.36. The van der Waals surface area contributed by atoms with E-state index in [1.165, 1.54) is 17.0 Å². The number of likely N-dealkylation sites (tertiary alicyclic amines) is 1. The number of halogens is 2. The van der Waals surface area contributed by atoms with Crippen LogP contribution in [-0.2, 0) is 36.9 Å². The summed E-state index contributed by atoms with van der Waals surface area (Å²) in [5, 5.41) is 34.3. The number of aliphatic hydroxyl groups excluding tert-OH is 1. The summed E-state index contributed by atoms with van der Waals surface area (Å²) in [5.74, 6) is -2.30. The number of fused-ring (bicyclic) bond motifs is 1. The SMILES string of the molecule is Cc1ncsc1-c1ccc(CNC(=O)[C@@H]2C[C@@H](O)CN2C(=O)C(NC(=O)CCCCCCCNC(=O)CN2CCN(c3ccc(C(=O)Nc4n[nH]c5ccc(Cc6cc(F)cc(F)c6)cc45)c(NC4CCOCC4)c3)CC2)C(C)(C)C)cc1. The normalized spacial score (nSPS) is 17.3. The number of hydrogen-bond acceptors (Lipinski definition) is 13. The standard InChI is InChI=1S/C62H77F2N11O7S/c1-39-56(83-38-67-39)43-14-11-40(12-15-43)35-66-60(80)53-34-48(76)36-75(53)61(81)57(62(2,3)4)69-54(77)10-8-6-5-7-9-21-65-55(78)37-73-22-24-74(25-23-73)47-16-17-49(52(33-47)68-46-19-26-82-27-20-46)59(79)70-58-50-31-41(13-18-51(50)71-72-58)28-42-29-44(63)32-45(64)30-42/h11-18,29-33,38,46,48,53,57,68,76H,5-10,19-28,34-37H2,1-4H3,(H,65,78)(H,66,80)(H,69,77)(H2,70,71,72,79)/t48-,53+,57?/m1/s1. The van der Waals surface area contributed by atoms with E-state index >= 15 is 0 Å². The van der Waals surface area contributed by atoms with Crippen molar-refractivity contribution in [2.75, 3.05) is 74.6 Å². The number of aliphatic hydroxyl groups is 1. The average molecular weight is 1160 g/mol. The number of H-pyrrole nitrogens is 1. The molecular formula is C62H77F2N11O7S. The molecule has 2 aromatic heterocycles. The molecule has 5 heterocycles. The van der Waals surface area contributed by atoms with E-state index in [-0.39, 0.29) is 55.6 Å². The number of nitrogens with one attached hydrogen (secondary N) is 6. The third-order valence-electron chi connectivity index (χ3n) is 15.7. The molecular weight excluding hydrogens is 1080 g/mol. The van der Waals surface area contributed by atoms with Crippen LogP contribution in [0.3, 0.4) is 0 Å². The van der Waals surface area contributed by atoms with Gasteiger partial charge in [-0.2, -0.15) is 5.10 Å². The predicted octanol–water partition coefficient (Wildman–Crippen LogP) is 8.09. The monoisotopic (exact) mass is 1160 g/mol. The summed E-state index contributed by atoms with van der Waals surface area (Å²) in [6, 6.07) is 21.0. The second-order valence-electron chi connectivity index (χ2n) is 23.2. The predicted molar refractivity (Wildman–Crippen MR) is 318 cm³/mol. The molecule has 5 amide bonds. The Morgan fingerprint density at radius 2 is 1.55 bits per heavy atom. The van der Waals surface area contributed by atoms with E-state index in [1.54, 1.807) is 11.3 Å². The molecule has 6 aromatic rings. The molecule has 7 N–H and O–H groups in total. The van der Waals surface area contributed by atoms with Crippen molar-refractivity contribution in [1.82, 2.24) is 40.9 Å². The average Bonchev–Trinajstić information content (AvgIpc) is 4.05. The van der Waals surface area contributed by atoms with Crippen LogP contribution < -0.4 is 31.5 Å². The molecule has 0 bridgehead atoms. The van der Waals surface area contributed by atoms with Gasteiger partial charge in [0.2, 0.25) is 23.6 Å². The van der Waals surface area contributed by atoms with Gasteiger partial charge in [-0.3, -0.25) is 34.0 Å². The summed E-state index contributed by atoms with van der Waals surface area (Å²) < 4.78 is 33.5. The number of aromatic amines is 1. The first-order valence-corrected chi connectivity index (χ1v) is 29.8. The van der Waals surface area contributed by atoms with Crippen molar-refractivity contribution in [2.24, 2.45) is 5.41 Å². The van der Waals surface area contributed by atoms with Crippen LogP contribution in [0, 0.1) is 24.0 Å². The number of β-amino-alcohol motifs (C(OH)–C–C–N with tert-alkyl or cyclic N) is 1. The second-order valence-corrected chi connectivity index (χ2v) is 24.1. The van der Waals surface area contributed by atoms with Gasteiger partial charge in [0.25, 0.3) is 5.91 Å². The molecule has 0 radical (unpaired) electrons. The van der Waals surface area contributed by atoms with Crippen LogP contribution in [0.4, 0.5) is 26.0 Å². The Bertz CT molecular complexity index is 3200. The molecule has 18 nitrogen and oxygen atoms in total. The van der Waals surface area contributed by atoms with Crippen LogP contribution in [0.5, 0.6) is 0 Å². The van der Waals surface area contributed by atoms with Crippen molar-refractivity contribution in [3.05, 3.63) is 124 Å². The van der Waals surface area contributed by atoms with Gasteiger partial charge >= 0.3 is 0 Å². The van der Waals surface area contributed by atoms with Crippen LogP contribution in [-0.4, -0.2) is 143 Å². The number of aromatic nitrogens is 3. The highest BCUT2D eigenvalue weighted by molar-refractivity contribution is 7.13. The fourth-order valence-corrected chi connectivity index (χ4v) is 11.9. The van der Waals surface area contributed by atoms with Crippen LogP contribution in [0.25, 0.3) is 21.3 Å². The third-order valence-corrected chi connectivity index (χ3v) is 16.7. The fraction of sp³-hybridized carbons (Fsp3) is 0.468. The number of hydrogen-bond donors (Lipinski definition) is 7. The lowest BCUT2D eigenvalue weighted by molar-refractivity contribution is -0.144. The summed E-state index contributed by atoms with van der Waals surface area (Å²) in [6.45, 7) is 12.7. The fourth-order valence-electron chi connectivity index (χ4n) is 11.1. The Labute approximate surface area is 487 Å². The number of amides is 5. The highest BCUT2D eigenvalue weighted by atomic mass is 32.1. The van der Waals surface area contributed by atoms with Gasteiger partial charge in [-0.05, 0) is 109 Å². The summed E-state index contributed by atoms with van der Waals surface area (Å²) in [6.07, 6.45) is 5.42. The minimum Gasteiger partial charge on any atom is -0.391 e. The molecule has 3 atom stereocenters. The van der Waals surface area contributed by atoms with E-state index in [0.717, 1.165) is 77.5 Å². The molecule has 3 aliphatic rings. The number of nitrogens with zero attached hydrogens (tertiary/aromatic N) is 5. The van der Waals surface area contributed by atoms with Gasteiger partial charge in [0, 0.05) is 101 Å². The van der Waals surface area contributed by atoms with Crippen molar-refractivity contribution in [3.8, 4) is 10.4 Å². The van der Waals surface area contributed by atoms with Gasteiger partial charge < -0.3 is 46.2 Å². The number of carbonyl (C=O) groups excluding carboxylic acids is 5. The lowest BCUT2D eigenvalue weighted by atomic mass is 9.85. The largest absolute Gasteiger partial charge is 0.391 e.